The van der Waals surface area contributed by atoms with E-state index >= 15 is 0 Å². The molecule has 0 aromatic carbocycles. The Morgan fingerprint density at radius 2 is 1.59 bits per heavy atom. The highest BCUT2D eigenvalue weighted by Crippen LogP contribution is 2.22. The monoisotopic (exact) mass is 241 g/mol. The van der Waals surface area contributed by atoms with Crippen molar-refractivity contribution in [3.63, 3.8) is 0 Å². The van der Waals surface area contributed by atoms with Gasteiger partial charge in [-0.1, -0.05) is 6.42 Å². The molecular weight excluding hydrogens is 214 g/mol. The summed E-state index contributed by atoms with van der Waals surface area (Å²) in [4.78, 5) is 14.3. The van der Waals surface area contributed by atoms with Gasteiger partial charge in [-0.15, -0.1) is 0 Å². The van der Waals surface area contributed by atoms with Gasteiger partial charge < -0.3 is 4.74 Å². The van der Waals surface area contributed by atoms with Gasteiger partial charge in [-0.3, -0.25) is 9.69 Å². The number of hydrogen-bond donors (Lipinski definition) is 0. The second-order valence-corrected chi connectivity index (χ2v) is 6.74. The maximum atomic E-state index is 11.9. The van der Waals surface area contributed by atoms with E-state index in [-0.39, 0.29) is 11.6 Å². The van der Waals surface area contributed by atoms with Crippen LogP contribution in [0.3, 0.4) is 0 Å². The number of rotatable bonds is 3. The lowest BCUT2D eigenvalue weighted by molar-refractivity contribution is -0.168. The van der Waals surface area contributed by atoms with Crippen molar-refractivity contribution < 1.29 is 9.53 Å². The summed E-state index contributed by atoms with van der Waals surface area (Å²) in [6.45, 7) is 12.8. The van der Waals surface area contributed by atoms with E-state index in [0.717, 1.165) is 19.6 Å². The minimum absolute atomic E-state index is 0.112. The molecule has 0 radical (unpaired) electrons. The summed E-state index contributed by atoms with van der Waals surface area (Å²) in [6.07, 6.45) is 3.87. The number of esters is 1. The van der Waals surface area contributed by atoms with Crippen LogP contribution in [0.4, 0.5) is 0 Å². The molecule has 100 valence electrons. The summed E-state index contributed by atoms with van der Waals surface area (Å²) in [7, 11) is 0. The average Bonchev–Trinajstić information content (AvgIpc) is 2.16. The molecule has 0 saturated carbocycles. The van der Waals surface area contributed by atoms with Crippen molar-refractivity contribution in [2.75, 3.05) is 19.6 Å². The third kappa shape index (κ3) is 5.07. The van der Waals surface area contributed by atoms with Crippen molar-refractivity contribution in [3.05, 3.63) is 0 Å². The molecule has 0 aromatic rings. The summed E-state index contributed by atoms with van der Waals surface area (Å²) in [5, 5.41) is 0. The Morgan fingerprint density at radius 3 is 2.06 bits per heavy atom. The summed E-state index contributed by atoms with van der Waals surface area (Å²) >= 11 is 0. The van der Waals surface area contributed by atoms with E-state index in [1.54, 1.807) is 0 Å². The molecule has 1 aliphatic rings. The predicted molar refractivity (Wildman–Crippen MR) is 69.9 cm³/mol. The van der Waals surface area contributed by atoms with Crippen molar-refractivity contribution in [3.8, 4) is 0 Å². The first-order valence-electron chi connectivity index (χ1n) is 6.66. The third-order valence-corrected chi connectivity index (χ3v) is 3.03. The fourth-order valence-electron chi connectivity index (χ4n) is 2.09. The number of nitrogens with zero attached hydrogens (tertiary/aromatic N) is 1. The van der Waals surface area contributed by atoms with Crippen LogP contribution in [0.2, 0.25) is 0 Å². The molecule has 1 heterocycles. The van der Waals surface area contributed by atoms with Gasteiger partial charge >= 0.3 is 5.97 Å². The fourth-order valence-corrected chi connectivity index (χ4v) is 2.09. The molecule has 0 unspecified atom stereocenters. The molecule has 1 rings (SSSR count). The summed E-state index contributed by atoms with van der Waals surface area (Å²) in [5.41, 5.74) is -0.805. The van der Waals surface area contributed by atoms with E-state index in [2.05, 4.69) is 4.90 Å². The van der Waals surface area contributed by atoms with Gasteiger partial charge in [0, 0.05) is 6.54 Å². The van der Waals surface area contributed by atoms with Crippen LogP contribution >= 0.6 is 0 Å². The van der Waals surface area contributed by atoms with Crippen molar-refractivity contribution in [1.29, 1.82) is 0 Å². The molecule has 17 heavy (non-hydrogen) atoms. The lowest BCUT2D eigenvalue weighted by Gasteiger charge is -2.36. The Kier molecular flexibility index (Phi) is 4.59. The lowest BCUT2D eigenvalue weighted by Crippen LogP contribution is -2.45. The van der Waals surface area contributed by atoms with E-state index in [9.17, 15) is 4.79 Å². The molecule has 0 aromatic heterocycles. The number of piperidine rings is 1. The molecule has 3 heteroatoms. The van der Waals surface area contributed by atoms with Gasteiger partial charge in [0.1, 0.15) is 5.60 Å². The largest absolute Gasteiger partial charge is 0.458 e. The molecule has 1 fully saturated rings. The quantitative estimate of drug-likeness (QED) is 0.712. The first-order valence-corrected chi connectivity index (χ1v) is 6.66. The van der Waals surface area contributed by atoms with E-state index < -0.39 is 5.41 Å². The van der Waals surface area contributed by atoms with Crippen LogP contribution in [0.5, 0.6) is 0 Å². The number of hydrogen-bond acceptors (Lipinski definition) is 3. The van der Waals surface area contributed by atoms with Crippen molar-refractivity contribution in [2.45, 2.75) is 59.5 Å². The standard InChI is InChI=1S/C14H27NO2/c1-13(2,3)12(16)17-14(4,5)11-15-9-7-6-8-10-15/h6-11H2,1-5H3. The Bertz CT molecular complexity index is 260. The minimum Gasteiger partial charge on any atom is -0.458 e. The molecule has 0 spiro atoms. The van der Waals surface area contributed by atoms with Crippen LogP contribution in [0.15, 0.2) is 0 Å². The summed E-state index contributed by atoms with van der Waals surface area (Å²) < 4.78 is 5.62. The molecule has 1 saturated heterocycles. The topological polar surface area (TPSA) is 29.5 Å². The van der Waals surface area contributed by atoms with Crippen LogP contribution in [0.25, 0.3) is 0 Å². The van der Waals surface area contributed by atoms with Crippen LogP contribution in [-0.2, 0) is 9.53 Å². The zero-order valence-electron chi connectivity index (χ0n) is 12.0. The molecule has 0 bridgehead atoms. The number of ether oxygens (including phenoxy) is 1. The molecule has 0 aliphatic carbocycles. The predicted octanol–water partition coefficient (Wildman–Crippen LogP) is 2.84. The normalized spacial score (nSPS) is 19.1. The van der Waals surface area contributed by atoms with Crippen LogP contribution < -0.4 is 0 Å². The number of carbonyl (C=O) groups is 1. The van der Waals surface area contributed by atoms with Crippen LogP contribution in [-0.4, -0.2) is 36.1 Å². The number of carbonyl (C=O) groups excluding carboxylic acids is 1. The zero-order valence-corrected chi connectivity index (χ0v) is 12.0. The number of likely N-dealkylation sites (tertiary alicyclic amines) is 1. The van der Waals surface area contributed by atoms with Gasteiger partial charge in [-0.05, 0) is 60.5 Å². The maximum Gasteiger partial charge on any atom is 0.311 e. The van der Waals surface area contributed by atoms with E-state index in [0.29, 0.717) is 0 Å². The van der Waals surface area contributed by atoms with Crippen molar-refractivity contribution in [1.82, 2.24) is 4.90 Å². The minimum atomic E-state index is -0.417. The first-order chi connectivity index (χ1) is 7.71. The Labute approximate surface area is 106 Å². The average molecular weight is 241 g/mol. The van der Waals surface area contributed by atoms with Crippen molar-refractivity contribution >= 4 is 5.97 Å². The molecule has 1 aliphatic heterocycles. The maximum absolute atomic E-state index is 11.9. The molecule has 0 atom stereocenters. The lowest BCUT2D eigenvalue weighted by atomic mass is 9.96. The zero-order chi connectivity index (χ0) is 13.1. The highest BCUT2D eigenvalue weighted by atomic mass is 16.6. The second-order valence-electron chi connectivity index (χ2n) is 6.74. The Balaban J connectivity index is 2.47. The van der Waals surface area contributed by atoms with Gasteiger partial charge in [-0.25, -0.2) is 0 Å². The first kappa shape index (κ1) is 14.5. The Hall–Kier alpha value is -0.570. The van der Waals surface area contributed by atoms with Crippen LogP contribution in [0.1, 0.15) is 53.9 Å². The van der Waals surface area contributed by atoms with Gasteiger partial charge in [0.25, 0.3) is 0 Å². The molecular formula is C14H27NO2. The molecule has 0 amide bonds. The molecule has 3 nitrogen and oxygen atoms in total. The van der Waals surface area contributed by atoms with Gasteiger partial charge in [0.05, 0.1) is 5.41 Å². The van der Waals surface area contributed by atoms with Gasteiger partial charge in [0.2, 0.25) is 0 Å². The highest BCUT2D eigenvalue weighted by molar-refractivity contribution is 5.75. The second kappa shape index (κ2) is 5.38. The van der Waals surface area contributed by atoms with E-state index in [1.807, 2.05) is 34.6 Å². The molecule has 0 N–H and O–H groups in total. The van der Waals surface area contributed by atoms with Crippen molar-refractivity contribution in [2.24, 2.45) is 5.41 Å². The summed E-state index contributed by atoms with van der Waals surface area (Å²) in [5.74, 6) is -0.112. The summed E-state index contributed by atoms with van der Waals surface area (Å²) in [6, 6.07) is 0. The SMILES string of the molecule is CC(C)(CN1CCCCC1)OC(=O)C(C)(C)C. The third-order valence-electron chi connectivity index (χ3n) is 3.03. The highest BCUT2D eigenvalue weighted by Gasteiger charge is 2.32. The smallest absolute Gasteiger partial charge is 0.311 e. The van der Waals surface area contributed by atoms with E-state index in [1.165, 1.54) is 19.3 Å². The van der Waals surface area contributed by atoms with Crippen LogP contribution in [0, 0.1) is 5.41 Å². The van der Waals surface area contributed by atoms with Gasteiger partial charge in [0.15, 0.2) is 0 Å². The van der Waals surface area contributed by atoms with Gasteiger partial charge in [-0.2, -0.15) is 0 Å². The Morgan fingerprint density at radius 1 is 1.06 bits per heavy atom. The fraction of sp³-hybridized carbons (Fsp3) is 0.929. The van der Waals surface area contributed by atoms with E-state index in [4.69, 9.17) is 4.74 Å².